The Bertz CT molecular complexity index is 671. The molecule has 0 bridgehead atoms. The lowest BCUT2D eigenvalue weighted by molar-refractivity contribution is 0.0895. The first-order valence-electron chi connectivity index (χ1n) is 6.35. The lowest BCUT2D eigenvalue weighted by atomic mass is 9.82. The third-order valence-corrected chi connectivity index (χ3v) is 5.36. The highest BCUT2D eigenvalue weighted by atomic mass is 79.9. The molecule has 0 radical (unpaired) electrons. The maximum Gasteiger partial charge on any atom is 0.265 e. The van der Waals surface area contributed by atoms with Crippen LogP contribution in [0.15, 0.2) is 21.5 Å². The Morgan fingerprint density at radius 2 is 2.05 bits per heavy atom. The Kier molecular flexibility index (Phi) is 4.85. The van der Waals surface area contributed by atoms with E-state index in [2.05, 4.69) is 28.2 Å². The molecule has 0 heterocycles. The summed E-state index contributed by atoms with van der Waals surface area (Å²) in [4.78, 5) is 11.9. The molecule has 1 saturated carbocycles. The van der Waals surface area contributed by atoms with Gasteiger partial charge in [-0.3, -0.25) is 4.79 Å². The predicted octanol–water partition coefficient (Wildman–Crippen LogP) is 2.91. The van der Waals surface area contributed by atoms with E-state index in [1.54, 1.807) is 0 Å². The first-order valence-corrected chi connectivity index (χ1v) is 9.45. The molecule has 1 fully saturated rings. The van der Waals surface area contributed by atoms with Gasteiger partial charge in [0.15, 0.2) is 5.75 Å². The van der Waals surface area contributed by atoms with Crippen molar-refractivity contribution in [3.63, 3.8) is 0 Å². The second-order valence-corrected chi connectivity index (χ2v) is 8.56. The molecule has 0 aromatic heterocycles. The van der Waals surface area contributed by atoms with Crippen LogP contribution < -0.4 is 10.1 Å². The molecule has 0 aliphatic heterocycles. The number of nitrogens with one attached hydrogen (secondary N) is 1. The molecule has 0 saturated heterocycles. The normalized spacial score (nSPS) is 21.5. The van der Waals surface area contributed by atoms with E-state index in [0.717, 1.165) is 12.8 Å². The summed E-state index contributed by atoms with van der Waals surface area (Å²) in [6, 6.07) is 2.88. The SMILES string of the molecule is COc1c(Br)cc(C(=O)NC2CC(C)C2)cc1S(=O)(=O)Cl. The lowest BCUT2D eigenvalue weighted by Gasteiger charge is -2.33. The van der Waals surface area contributed by atoms with Crippen molar-refractivity contribution in [2.45, 2.75) is 30.7 Å². The fourth-order valence-electron chi connectivity index (χ4n) is 2.37. The predicted molar refractivity (Wildman–Crippen MR) is 83.4 cm³/mol. The van der Waals surface area contributed by atoms with Gasteiger partial charge in [-0.2, -0.15) is 0 Å². The van der Waals surface area contributed by atoms with Crippen LogP contribution in [0.4, 0.5) is 0 Å². The van der Waals surface area contributed by atoms with Gasteiger partial charge >= 0.3 is 0 Å². The molecule has 116 valence electrons. The summed E-state index contributed by atoms with van der Waals surface area (Å²) in [5.74, 6) is 0.368. The summed E-state index contributed by atoms with van der Waals surface area (Å²) in [5.41, 5.74) is 0.224. The summed E-state index contributed by atoms with van der Waals surface area (Å²) in [6.45, 7) is 2.12. The molecule has 2 rings (SSSR count). The lowest BCUT2D eigenvalue weighted by Crippen LogP contribution is -2.43. The third kappa shape index (κ3) is 3.70. The quantitative estimate of drug-likeness (QED) is 0.794. The van der Waals surface area contributed by atoms with E-state index in [1.165, 1.54) is 19.2 Å². The highest BCUT2D eigenvalue weighted by Gasteiger charge is 2.28. The second-order valence-electron chi connectivity index (χ2n) is 5.17. The van der Waals surface area contributed by atoms with Crippen molar-refractivity contribution in [2.24, 2.45) is 5.92 Å². The molecule has 1 aliphatic rings. The van der Waals surface area contributed by atoms with Crippen molar-refractivity contribution in [1.29, 1.82) is 0 Å². The van der Waals surface area contributed by atoms with Crippen LogP contribution in [0.25, 0.3) is 0 Å². The largest absolute Gasteiger partial charge is 0.494 e. The number of amides is 1. The van der Waals surface area contributed by atoms with Gasteiger partial charge in [0.05, 0.1) is 11.6 Å². The summed E-state index contributed by atoms with van der Waals surface area (Å²) in [7, 11) is 2.71. The Balaban J connectivity index is 2.32. The maximum absolute atomic E-state index is 12.2. The van der Waals surface area contributed by atoms with E-state index in [-0.39, 0.29) is 28.2 Å². The number of hydrogen-bond acceptors (Lipinski definition) is 4. The van der Waals surface area contributed by atoms with Crippen molar-refractivity contribution >= 4 is 41.6 Å². The average molecular weight is 397 g/mol. The topological polar surface area (TPSA) is 72.5 Å². The molecule has 8 heteroatoms. The van der Waals surface area contributed by atoms with Crippen LogP contribution in [0, 0.1) is 5.92 Å². The van der Waals surface area contributed by atoms with E-state index in [9.17, 15) is 13.2 Å². The first kappa shape index (κ1) is 16.6. The number of hydrogen-bond donors (Lipinski definition) is 1. The average Bonchev–Trinajstić information content (AvgIpc) is 2.34. The number of rotatable bonds is 4. The van der Waals surface area contributed by atoms with Gasteiger partial charge in [0.1, 0.15) is 4.90 Å². The minimum atomic E-state index is -4.02. The van der Waals surface area contributed by atoms with Crippen molar-refractivity contribution in [3.8, 4) is 5.75 Å². The molecule has 0 spiro atoms. The van der Waals surface area contributed by atoms with Gasteiger partial charge in [0.2, 0.25) is 0 Å². The van der Waals surface area contributed by atoms with E-state index < -0.39 is 9.05 Å². The van der Waals surface area contributed by atoms with E-state index >= 15 is 0 Å². The molecule has 0 unspecified atom stereocenters. The molecule has 1 N–H and O–H groups in total. The van der Waals surface area contributed by atoms with Crippen LogP contribution >= 0.6 is 26.6 Å². The summed E-state index contributed by atoms with van der Waals surface area (Å²) >= 11 is 3.20. The van der Waals surface area contributed by atoms with Crippen molar-refractivity contribution in [2.75, 3.05) is 7.11 Å². The zero-order chi connectivity index (χ0) is 15.8. The van der Waals surface area contributed by atoms with Gasteiger partial charge in [-0.05, 0) is 46.8 Å². The van der Waals surface area contributed by atoms with Crippen molar-refractivity contribution in [1.82, 2.24) is 5.32 Å². The fraction of sp³-hybridized carbons (Fsp3) is 0.462. The maximum atomic E-state index is 12.2. The number of halogens is 2. The fourth-order valence-corrected chi connectivity index (χ4v) is 4.15. The Labute approximate surface area is 136 Å². The van der Waals surface area contributed by atoms with Crippen molar-refractivity contribution in [3.05, 3.63) is 22.2 Å². The van der Waals surface area contributed by atoms with Gasteiger partial charge in [0, 0.05) is 22.3 Å². The highest BCUT2D eigenvalue weighted by Crippen LogP contribution is 2.35. The van der Waals surface area contributed by atoms with Gasteiger partial charge < -0.3 is 10.1 Å². The van der Waals surface area contributed by atoms with Gasteiger partial charge in [-0.15, -0.1) is 0 Å². The molecule has 1 aromatic rings. The van der Waals surface area contributed by atoms with Gasteiger partial charge in [-0.1, -0.05) is 6.92 Å². The standard InChI is InChI=1S/C13H15BrClNO4S/c1-7-3-9(4-7)16-13(17)8-5-10(14)12(20-2)11(6-8)21(15,18)19/h5-7,9H,3-4H2,1-2H3,(H,16,17). The smallest absolute Gasteiger partial charge is 0.265 e. The summed E-state index contributed by atoms with van der Waals surface area (Å²) in [6.07, 6.45) is 1.87. The molecule has 21 heavy (non-hydrogen) atoms. The minimum Gasteiger partial charge on any atom is -0.494 e. The van der Waals surface area contributed by atoms with Gasteiger partial charge in [0.25, 0.3) is 15.0 Å². The number of methoxy groups -OCH3 is 1. The Morgan fingerprint density at radius 1 is 1.43 bits per heavy atom. The zero-order valence-electron chi connectivity index (χ0n) is 11.5. The minimum absolute atomic E-state index is 0.0822. The van der Waals surface area contributed by atoms with Crippen LogP contribution in [-0.2, 0) is 9.05 Å². The number of benzene rings is 1. The second kappa shape index (κ2) is 6.14. The summed E-state index contributed by atoms with van der Waals surface area (Å²) in [5, 5.41) is 2.87. The molecule has 5 nitrogen and oxygen atoms in total. The van der Waals surface area contributed by atoms with Crippen LogP contribution in [0.2, 0.25) is 0 Å². The molecule has 1 aliphatic carbocycles. The van der Waals surface area contributed by atoms with E-state index in [0.29, 0.717) is 10.4 Å². The van der Waals surface area contributed by atoms with Gasteiger partial charge in [-0.25, -0.2) is 8.42 Å². The van der Waals surface area contributed by atoms with E-state index in [4.69, 9.17) is 15.4 Å². The van der Waals surface area contributed by atoms with Crippen LogP contribution in [-0.4, -0.2) is 27.5 Å². The van der Waals surface area contributed by atoms with Crippen molar-refractivity contribution < 1.29 is 17.9 Å². The molecular weight excluding hydrogens is 382 g/mol. The van der Waals surface area contributed by atoms with Crippen LogP contribution in [0.5, 0.6) is 5.75 Å². The molecule has 0 atom stereocenters. The summed E-state index contributed by atoms with van der Waals surface area (Å²) < 4.78 is 28.6. The third-order valence-electron chi connectivity index (χ3n) is 3.45. The first-order chi connectivity index (χ1) is 9.72. The number of carbonyl (C=O) groups is 1. The van der Waals surface area contributed by atoms with E-state index in [1.807, 2.05) is 0 Å². The Hall–Kier alpha value is -0.790. The molecular formula is C13H15BrClNO4S. The Morgan fingerprint density at radius 3 is 2.52 bits per heavy atom. The van der Waals surface area contributed by atoms with Crippen LogP contribution in [0.3, 0.4) is 0 Å². The highest BCUT2D eigenvalue weighted by molar-refractivity contribution is 9.10. The number of ether oxygens (including phenoxy) is 1. The molecule has 1 aromatic carbocycles. The van der Waals surface area contributed by atoms with Crippen LogP contribution in [0.1, 0.15) is 30.1 Å². The monoisotopic (exact) mass is 395 g/mol. The molecule has 1 amide bonds. The zero-order valence-corrected chi connectivity index (χ0v) is 14.7. The number of carbonyl (C=O) groups excluding carboxylic acids is 1.